The van der Waals surface area contributed by atoms with E-state index in [0.29, 0.717) is 0 Å². The van der Waals surface area contributed by atoms with Crippen molar-refractivity contribution >= 4 is 32.3 Å². The number of hydrogen-bond acceptors (Lipinski definition) is 1. The number of aryl methyl sites for hydroxylation is 2. The lowest BCUT2D eigenvalue weighted by molar-refractivity contribution is 0.924. The van der Waals surface area contributed by atoms with Gasteiger partial charge in [0.2, 0.25) is 0 Å². The molecule has 0 bridgehead atoms. The normalized spacial score (nSPS) is 11.4. The second-order valence-electron chi connectivity index (χ2n) is 10.8. The zero-order valence-electron chi connectivity index (χ0n) is 23.0. The molecule has 1 heterocycles. The highest BCUT2D eigenvalue weighted by molar-refractivity contribution is 6.21. The highest BCUT2D eigenvalue weighted by atomic mass is 14.6. The first kappa shape index (κ1) is 24.3. The van der Waals surface area contributed by atoms with Crippen molar-refractivity contribution in [3.8, 4) is 33.4 Å². The van der Waals surface area contributed by atoms with Crippen LogP contribution in [0.1, 0.15) is 24.5 Å². The van der Waals surface area contributed by atoms with Crippen LogP contribution in [0.25, 0.3) is 65.7 Å². The first-order valence-corrected chi connectivity index (χ1v) is 14.2. The summed E-state index contributed by atoms with van der Waals surface area (Å²) < 4.78 is 0. The maximum atomic E-state index is 4.20. The molecule has 0 radical (unpaired) electrons. The van der Waals surface area contributed by atoms with Gasteiger partial charge in [0.05, 0.1) is 0 Å². The Morgan fingerprint density at radius 2 is 1.10 bits per heavy atom. The van der Waals surface area contributed by atoms with Gasteiger partial charge in [0.25, 0.3) is 0 Å². The molecular weight excluding hydrogens is 482 g/mol. The number of rotatable bonds is 5. The molecule has 0 amide bonds. The number of aromatic nitrogens is 1. The second-order valence-corrected chi connectivity index (χ2v) is 10.8. The molecule has 192 valence electrons. The molecule has 0 aliphatic rings. The molecule has 0 aliphatic carbocycles. The monoisotopic (exact) mass is 513 g/mol. The first-order chi connectivity index (χ1) is 19.7. The van der Waals surface area contributed by atoms with Gasteiger partial charge in [-0.05, 0) is 108 Å². The summed E-state index contributed by atoms with van der Waals surface area (Å²) in [6.45, 7) is 4.45. The second kappa shape index (κ2) is 10.1. The van der Waals surface area contributed by atoms with E-state index in [9.17, 15) is 0 Å². The van der Waals surface area contributed by atoms with E-state index in [-0.39, 0.29) is 0 Å². The topological polar surface area (TPSA) is 12.9 Å². The van der Waals surface area contributed by atoms with Crippen molar-refractivity contribution < 1.29 is 0 Å². The van der Waals surface area contributed by atoms with E-state index in [1.165, 1.54) is 76.8 Å². The molecule has 7 aromatic rings. The van der Waals surface area contributed by atoms with Gasteiger partial charge in [-0.25, -0.2) is 0 Å². The molecule has 7 rings (SSSR count). The van der Waals surface area contributed by atoms with Gasteiger partial charge in [-0.2, -0.15) is 0 Å². The van der Waals surface area contributed by atoms with Gasteiger partial charge < -0.3 is 0 Å². The fourth-order valence-corrected chi connectivity index (χ4v) is 6.32. The third kappa shape index (κ3) is 4.15. The zero-order valence-corrected chi connectivity index (χ0v) is 23.0. The van der Waals surface area contributed by atoms with Crippen LogP contribution >= 0.6 is 0 Å². The molecule has 0 unspecified atom stereocenters. The van der Waals surface area contributed by atoms with Crippen molar-refractivity contribution in [3.63, 3.8) is 0 Å². The molecular formula is C39H31N. The minimum Gasteiger partial charge on any atom is -0.265 e. The fourth-order valence-electron chi connectivity index (χ4n) is 6.32. The Hall–Kier alpha value is -4.75. The van der Waals surface area contributed by atoms with Crippen LogP contribution in [0.4, 0.5) is 0 Å². The Labute approximate surface area is 235 Å². The highest BCUT2D eigenvalue weighted by Gasteiger charge is 2.17. The quantitative estimate of drug-likeness (QED) is 0.209. The molecule has 1 heteroatoms. The predicted molar refractivity (Wildman–Crippen MR) is 172 cm³/mol. The molecule has 0 spiro atoms. The Bertz CT molecular complexity index is 1960. The molecule has 0 N–H and O–H groups in total. The van der Waals surface area contributed by atoms with Gasteiger partial charge in [-0.3, -0.25) is 4.98 Å². The standard InChI is InChI=1S/C39H31N/c1-3-8-27-13-14-28-15-16-31(25-32(28)24-27)39-36-11-6-4-9-34(36)38(35-10-5-7-12-37(35)39)30-17-18-33(26(2)23-30)29-19-21-40-22-20-29/h4-7,9-25H,3,8H2,1-2H3. The fraction of sp³-hybridized carbons (Fsp3) is 0.103. The lowest BCUT2D eigenvalue weighted by atomic mass is 9.84. The third-order valence-electron chi connectivity index (χ3n) is 8.17. The minimum atomic E-state index is 1.11. The van der Waals surface area contributed by atoms with Crippen LogP contribution in [0.3, 0.4) is 0 Å². The van der Waals surface area contributed by atoms with Crippen LogP contribution in [0.15, 0.2) is 128 Å². The minimum absolute atomic E-state index is 1.11. The average Bonchev–Trinajstić information content (AvgIpc) is 3.00. The molecule has 0 atom stereocenters. The number of hydrogen-bond donors (Lipinski definition) is 0. The largest absolute Gasteiger partial charge is 0.265 e. The lowest BCUT2D eigenvalue weighted by Gasteiger charge is -2.19. The Morgan fingerprint density at radius 3 is 1.70 bits per heavy atom. The molecule has 0 saturated heterocycles. The van der Waals surface area contributed by atoms with Crippen molar-refractivity contribution in [2.45, 2.75) is 26.7 Å². The Kier molecular flexibility index (Phi) is 6.13. The summed E-state index contributed by atoms with van der Waals surface area (Å²) in [5, 5.41) is 7.74. The summed E-state index contributed by atoms with van der Waals surface area (Å²) in [6.07, 6.45) is 5.99. The van der Waals surface area contributed by atoms with Crippen LogP contribution < -0.4 is 0 Å². The van der Waals surface area contributed by atoms with E-state index >= 15 is 0 Å². The Morgan fingerprint density at radius 1 is 0.525 bits per heavy atom. The van der Waals surface area contributed by atoms with Gasteiger partial charge in [0.1, 0.15) is 0 Å². The summed E-state index contributed by atoms with van der Waals surface area (Å²) in [7, 11) is 0. The van der Waals surface area contributed by atoms with Gasteiger partial charge in [0, 0.05) is 12.4 Å². The number of benzene rings is 6. The lowest BCUT2D eigenvalue weighted by Crippen LogP contribution is -1.92. The van der Waals surface area contributed by atoms with Crippen molar-refractivity contribution in [1.29, 1.82) is 0 Å². The van der Waals surface area contributed by atoms with Gasteiger partial charge in [-0.15, -0.1) is 0 Å². The van der Waals surface area contributed by atoms with E-state index in [1.54, 1.807) is 0 Å². The van der Waals surface area contributed by atoms with Crippen molar-refractivity contribution in [2.24, 2.45) is 0 Å². The SMILES string of the molecule is CCCc1ccc2ccc(-c3c4ccccc4c(-c4ccc(-c5ccncc5)c(C)c4)c4ccccc34)cc2c1. The summed E-state index contributed by atoms with van der Waals surface area (Å²) in [4.78, 5) is 4.20. The summed E-state index contributed by atoms with van der Waals surface area (Å²) in [5.41, 5.74) is 10.2. The highest BCUT2D eigenvalue weighted by Crippen LogP contribution is 2.44. The van der Waals surface area contributed by atoms with Gasteiger partial charge in [0.15, 0.2) is 0 Å². The third-order valence-corrected chi connectivity index (χ3v) is 8.17. The van der Waals surface area contributed by atoms with E-state index in [0.717, 1.165) is 12.8 Å². The predicted octanol–water partition coefficient (Wildman–Crippen LogP) is 10.8. The van der Waals surface area contributed by atoms with Crippen LogP contribution in [0.5, 0.6) is 0 Å². The van der Waals surface area contributed by atoms with Crippen LogP contribution in [-0.4, -0.2) is 4.98 Å². The molecule has 1 nitrogen and oxygen atoms in total. The van der Waals surface area contributed by atoms with E-state index in [2.05, 4.69) is 134 Å². The zero-order chi connectivity index (χ0) is 27.1. The summed E-state index contributed by atoms with van der Waals surface area (Å²) in [6, 6.07) is 42.7. The molecule has 40 heavy (non-hydrogen) atoms. The van der Waals surface area contributed by atoms with Crippen molar-refractivity contribution in [3.05, 3.63) is 139 Å². The maximum Gasteiger partial charge on any atom is 0.0273 e. The molecule has 0 fully saturated rings. The Balaban J connectivity index is 1.48. The smallest absolute Gasteiger partial charge is 0.0273 e. The molecule has 0 aliphatic heterocycles. The van der Waals surface area contributed by atoms with E-state index in [1.807, 2.05) is 12.4 Å². The summed E-state index contributed by atoms with van der Waals surface area (Å²) >= 11 is 0. The van der Waals surface area contributed by atoms with E-state index < -0.39 is 0 Å². The average molecular weight is 514 g/mol. The summed E-state index contributed by atoms with van der Waals surface area (Å²) in [5.74, 6) is 0. The van der Waals surface area contributed by atoms with Crippen LogP contribution in [0, 0.1) is 6.92 Å². The molecule has 6 aromatic carbocycles. The van der Waals surface area contributed by atoms with Crippen molar-refractivity contribution in [2.75, 3.05) is 0 Å². The van der Waals surface area contributed by atoms with Crippen molar-refractivity contribution in [1.82, 2.24) is 4.98 Å². The maximum absolute atomic E-state index is 4.20. The van der Waals surface area contributed by atoms with Gasteiger partial charge in [-0.1, -0.05) is 110 Å². The molecule has 1 aromatic heterocycles. The van der Waals surface area contributed by atoms with Gasteiger partial charge >= 0.3 is 0 Å². The first-order valence-electron chi connectivity index (χ1n) is 14.2. The van der Waals surface area contributed by atoms with E-state index in [4.69, 9.17) is 0 Å². The number of nitrogens with zero attached hydrogens (tertiary/aromatic N) is 1. The van der Waals surface area contributed by atoms with Crippen LogP contribution in [0.2, 0.25) is 0 Å². The number of fused-ring (bicyclic) bond motifs is 3. The molecule has 0 saturated carbocycles. The number of pyridine rings is 1. The van der Waals surface area contributed by atoms with Crippen LogP contribution in [-0.2, 0) is 6.42 Å².